The minimum Gasteiger partial charge on any atom is -0.354 e. The monoisotopic (exact) mass is 232 g/mol. The van der Waals surface area contributed by atoms with Crippen LogP contribution in [-0.2, 0) is 0 Å². The summed E-state index contributed by atoms with van der Waals surface area (Å²) in [7, 11) is 1.63. The minimum absolute atomic E-state index is 0.0619. The molecule has 0 atom stereocenters. The van der Waals surface area contributed by atoms with E-state index in [1.54, 1.807) is 7.05 Å². The second-order valence-electron chi connectivity index (χ2n) is 3.65. The van der Waals surface area contributed by atoms with Gasteiger partial charge in [0, 0.05) is 19.2 Å². The van der Waals surface area contributed by atoms with Gasteiger partial charge in [0.25, 0.3) is 5.95 Å². The molecule has 0 aliphatic rings. The highest BCUT2D eigenvalue weighted by Crippen LogP contribution is 2.21. The molecular weight excluding hydrogens is 217 g/mol. The van der Waals surface area contributed by atoms with Gasteiger partial charge in [0.2, 0.25) is 0 Å². The molecule has 0 aliphatic carbocycles. The molecule has 0 amide bonds. The molecule has 0 aromatic carbocycles. The molecule has 0 saturated heterocycles. The summed E-state index contributed by atoms with van der Waals surface area (Å²) in [6.07, 6.45) is 1.57. The number of halogens is 3. The molecule has 0 aliphatic heterocycles. The van der Waals surface area contributed by atoms with E-state index in [0.29, 0.717) is 6.07 Å². The summed E-state index contributed by atoms with van der Waals surface area (Å²) in [5.74, 6) is -3.52. The standard InChI is InChI=1S/C11H15F3N2/c1-4-7(5-2)16(3)11-9(13)6-8(12)10(14)15-11/h6-7H,4-5H2,1-3H3. The number of pyridine rings is 1. The largest absolute Gasteiger partial charge is 0.354 e. The molecule has 90 valence electrons. The fourth-order valence-corrected chi connectivity index (χ4v) is 1.69. The molecule has 0 fully saturated rings. The average Bonchev–Trinajstić information content (AvgIpc) is 2.25. The Morgan fingerprint density at radius 1 is 1.19 bits per heavy atom. The van der Waals surface area contributed by atoms with Crippen molar-refractivity contribution < 1.29 is 13.2 Å². The summed E-state index contributed by atoms with van der Waals surface area (Å²) in [6, 6.07) is 0.586. The van der Waals surface area contributed by atoms with Crippen molar-refractivity contribution in [1.82, 2.24) is 4.98 Å². The van der Waals surface area contributed by atoms with Crippen molar-refractivity contribution in [3.05, 3.63) is 23.6 Å². The summed E-state index contributed by atoms with van der Waals surface area (Å²) in [6.45, 7) is 3.89. The lowest BCUT2D eigenvalue weighted by atomic mass is 10.1. The first-order valence-electron chi connectivity index (χ1n) is 5.25. The molecule has 2 nitrogen and oxygen atoms in total. The second kappa shape index (κ2) is 5.18. The van der Waals surface area contributed by atoms with E-state index in [1.807, 2.05) is 13.8 Å². The Bertz CT molecular complexity index is 364. The first kappa shape index (κ1) is 12.8. The molecule has 0 N–H and O–H groups in total. The number of hydrogen-bond acceptors (Lipinski definition) is 2. The summed E-state index contributed by atoms with van der Waals surface area (Å²) >= 11 is 0. The first-order valence-corrected chi connectivity index (χ1v) is 5.25. The lowest BCUT2D eigenvalue weighted by Gasteiger charge is -2.27. The zero-order valence-corrected chi connectivity index (χ0v) is 9.60. The molecule has 1 aromatic heterocycles. The van der Waals surface area contributed by atoms with Crippen LogP contribution in [0.3, 0.4) is 0 Å². The normalized spacial score (nSPS) is 10.9. The maximum atomic E-state index is 13.4. The van der Waals surface area contributed by atoms with Crippen LogP contribution >= 0.6 is 0 Å². The van der Waals surface area contributed by atoms with Crippen molar-refractivity contribution in [2.45, 2.75) is 32.7 Å². The van der Waals surface area contributed by atoms with Gasteiger partial charge in [-0.3, -0.25) is 0 Å². The Balaban J connectivity index is 3.07. The minimum atomic E-state index is -1.27. The Hall–Kier alpha value is -1.26. The molecule has 0 saturated carbocycles. The van der Waals surface area contributed by atoms with E-state index in [0.717, 1.165) is 12.8 Å². The Morgan fingerprint density at radius 3 is 2.25 bits per heavy atom. The Morgan fingerprint density at radius 2 is 1.75 bits per heavy atom. The highest BCUT2D eigenvalue weighted by atomic mass is 19.2. The van der Waals surface area contributed by atoms with Gasteiger partial charge in [-0.2, -0.15) is 9.37 Å². The SMILES string of the molecule is CCC(CC)N(C)c1nc(F)c(F)cc1F. The van der Waals surface area contributed by atoms with Gasteiger partial charge in [0.15, 0.2) is 17.5 Å². The molecule has 0 radical (unpaired) electrons. The third-order valence-electron chi connectivity index (χ3n) is 2.69. The fourth-order valence-electron chi connectivity index (χ4n) is 1.69. The summed E-state index contributed by atoms with van der Waals surface area (Å²) in [5, 5.41) is 0. The molecular formula is C11H15F3N2. The van der Waals surface area contributed by atoms with Crippen LogP contribution in [0.25, 0.3) is 0 Å². The van der Waals surface area contributed by atoms with Crippen LogP contribution in [0.2, 0.25) is 0 Å². The summed E-state index contributed by atoms with van der Waals surface area (Å²) in [4.78, 5) is 4.84. The summed E-state index contributed by atoms with van der Waals surface area (Å²) in [5.41, 5.74) is 0. The highest BCUT2D eigenvalue weighted by molar-refractivity contribution is 5.40. The van der Waals surface area contributed by atoms with Gasteiger partial charge in [-0.25, -0.2) is 8.78 Å². The van der Waals surface area contributed by atoms with E-state index in [2.05, 4.69) is 4.98 Å². The number of hydrogen-bond donors (Lipinski definition) is 0. The van der Waals surface area contributed by atoms with E-state index in [1.165, 1.54) is 4.90 Å². The van der Waals surface area contributed by atoms with E-state index in [9.17, 15) is 13.2 Å². The third-order valence-corrected chi connectivity index (χ3v) is 2.69. The molecule has 0 spiro atoms. The maximum absolute atomic E-state index is 13.4. The highest BCUT2D eigenvalue weighted by Gasteiger charge is 2.19. The number of aromatic nitrogens is 1. The van der Waals surface area contributed by atoms with E-state index >= 15 is 0 Å². The van der Waals surface area contributed by atoms with E-state index in [4.69, 9.17) is 0 Å². The number of nitrogens with zero attached hydrogens (tertiary/aromatic N) is 2. The lowest BCUT2D eigenvalue weighted by molar-refractivity contribution is 0.459. The van der Waals surface area contributed by atoms with Crippen LogP contribution in [0.5, 0.6) is 0 Å². The Labute approximate surface area is 93.1 Å². The van der Waals surface area contributed by atoms with Crippen molar-refractivity contribution in [2.75, 3.05) is 11.9 Å². The molecule has 0 unspecified atom stereocenters. The average molecular weight is 232 g/mol. The predicted molar refractivity (Wildman–Crippen MR) is 56.9 cm³/mol. The van der Waals surface area contributed by atoms with Crippen LogP contribution < -0.4 is 4.90 Å². The molecule has 1 rings (SSSR count). The molecule has 1 aromatic rings. The lowest BCUT2D eigenvalue weighted by Crippen LogP contribution is -2.32. The second-order valence-corrected chi connectivity index (χ2v) is 3.65. The third kappa shape index (κ3) is 2.46. The quantitative estimate of drug-likeness (QED) is 0.741. The van der Waals surface area contributed by atoms with Gasteiger partial charge in [-0.05, 0) is 12.8 Å². The van der Waals surface area contributed by atoms with E-state index < -0.39 is 17.6 Å². The van der Waals surface area contributed by atoms with Crippen molar-refractivity contribution >= 4 is 5.82 Å². The molecule has 5 heteroatoms. The van der Waals surface area contributed by atoms with Crippen LogP contribution in [-0.4, -0.2) is 18.1 Å². The van der Waals surface area contributed by atoms with Gasteiger partial charge in [0.1, 0.15) is 0 Å². The van der Waals surface area contributed by atoms with Crippen LogP contribution in [0.15, 0.2) is 6.07 Å². The van der Waals surface area contributed by atoms with Gasteiger partial charge in [-0.1, -0.05) is 13.8 Å². The van der Waals surface area contributed by atoms with Gasteiger partial charge in [0.05, 0.1) is 0 Å². The van der Waals surface area contributed by atoms with Crippen LogP contribution in [0.1, 0.15) is 26.7 Å². The van der Waals surface area contributed by atoms with Crippen LogP contribution in [0.4, 0.5) is 19.0 Å². The summed E-state index contributed by atoms with van der Waals surface area (Å²) < 4.78 is 39.0. The number of anilines is 1. The van der Waals surface area contributed by atoms with Gasteiger partial charge >= 0.3 is 0 Å². The smallest absolute Gasteiger partial charge is 0.251 e. The van der Waals surface area contributed by atoms with Crippen LogP contribution in [0, 0.1) is 17.6 Å². The maximum Gasteiger partial charge on any atom is 0.251 e. The first-order chi connectivity index (χ1) is 7.51. The zero-order valence-electron chi connectivity index (χ0n) is 9.60. The van der Waals surface area contributed by atoms with Crippen molar-refractivity contribution in [1.29, 1.82) is 0 Å². The van der Waals surface area contributed by atoms with Crippen molar-refractivity contribution in [3.8, 4) is 0 Å². The van der Waals surface area contributed by atoms with Crippen molar-refractivity contribution in [3.63, 3.8) is 0 Å². The fraction of sp³-hybridized carbons (Fsp3) is 0.545. The van der Waals surface area contributed by atoms with Gasteiger partial charge in [-0.15, -0.1) is 0 Å². The molecule has 1 heterocycles. The van der Waals surface area contributed by atoms with Crippen molar-refractivity contribution in [2.24, 2.45) is 0 Å². The van der Waals surface area contributed by atoms with Gasteiger partial charge < -0.3 is 4.90 Å². The Kier molecular flexibility index (Phi) is 4.15. The number of rotatable bonds is 4. The van der Waals surface area contributed by atoms with E-state index in [-0.39, 0.29) is 11.9 Å². The predicted octanol–water partition coefficient (Wildman–Crippen LogP) is 3.12. The zero-order chi connectivity index (χ0) is 12.3. The molecule has 0 bridgehead atoms. The molecule has 16 heavy (non-hydrogen) atoms. The topological polar surface area (TPSA) is 16.1 Å².